The average molecular weight is 551 g/mol. The Morgan fingerprint density at radius 2 is 1.32 bits per heavy atom. The van der Waals surface area contributed by atoms with Crippen molar-refractivity contribution in [1.82, 2.24) is 5.32 Å². The van der Waals surface area contributed by atoms with E-state index in [2.05, 4.69) is 26.6 Å². The van der Waals surface area contributed by atoms with Crippen LogP contribution in [0.4, 0.5) is 5.69 Å². The number of nitrogens with one attached hydrogen (secondary N) is 2. The molecule has 0 aliphatic carbocycles. The molecule has 4 aromatic carbocycles. The Hall–Kier alpha value is -4.55. The summed E-state index contributed by atoms with van der Waals surface area (Å²) in [6.45, 7) is 0. The first-order valence-corrected chi connectivity index (χ1v) is 12.3. The van der Waals surface area contributed by atoms with E-state index in [9.17, 15) is 14.4 Å². The standard InChI is InChI=1S/C31H23BrN2O3/c32-26-13-7-10-23(20-26)14-19-29(35)24-15-17-27(18-16-24)33-31(37)28(21-22-8-3-1-4-9-22)34-30(36)25-11-5-2-6-12-25/h1-21H,(H,33,37)(H,34,36)/b19-14+,28-21-. The zero-order valence-corrected chi connectivity index (χ0v) is 21.3. The molecule has 2 amide bonds. The van der Waals surface area contributed by atoms with Crippen LogP contribution in [-0.2, 0) is 4.79 Å². The number of ketones is 1. The minimum atomic E-state index is -0.484. The molecule has 0 bridgehead atoms. The minimum absolute atomic E-state index is 0.0946. The molecule has 0 saturated heterocycles. The van der Waals surface area contributed by atoms with Crippen LogP contribution in [0, 0.1) is 0 Å². The summed E-state index contributed by atoms with van der Waals surface area (Å²) < 4.78 is 0.933. The summed E-state index contributed by atoms with van der Waals surface area (Å²) in [5.74, 6) is -1.03. The molecule has 182 valence electrons. The first-order valence-electron chi connectivity index (χ1n) is 11.5. The van der Waals surface area contributed by atoms with Crippen LogP contribution < -0.4 is 10.6 Å². The Morgan fingerprint density at radius 1 is 0.676 bits per heavy atom. The molecule has 0 aliphatic heterocycles. The summed E-state index contributed by atoms with van der Waals surface area (Å²) in [4.78, 5) is 38.4. The zero-order chi connectivity index (χ0) is 26.0. The van der Waals surface area contributed by atoms with Crippen LogP contribution in [0.25, 0.3) is 12.2 Å². The summed E-state index contributed by atoms with van der Waals surface area (Å²) >= 11 is 3.41. The van der Waals surface area contributed by atoms with E-state index in [0.29, 0.717) is 16.8 Å². The first-order chi connectivity index (χ1) is 18.0. The zero-order valence-electron chi connectivity index (χ0n) is 19.7. The van der Waals surface area contributed by atoms with Gasteiger partial charge in [0.1, 0.15) is 5.70 Å². The van der Waals surface area contributed by atoms with Gasteiger partial charge in [0.2, 0.25) is 0 Å². The van der Waals surface area contributed by atoms with Gasteiger partial charge in [-0.15, -0.1) is 0 Å². The molecule has 0 fully saturated rings. The van der Waals surface area contributed by atoms with Crippen molar-refractivity contribution in [1.29, 1.82) is 0 Å². The van der Waals surface area contributed by atoms with E-state index in [0.717, 1.165) is 15.6 Å². The lowest BCUT2D eigenvalue weighted by molar-refractivity contribution is -0.113. The SMILES string of the molecule is O=C(Nc1ccc(C(=O)/C=C/c2cccc(Br)c2)cc1)/C(=C/c1ccccc1)NC(=O)c1ccccc1. The molecule has 5 nitrogen and oxygen atoms in total. The highest BCUT2D eigenvalue weighted by atomic mass is 79.9. The molecule has 0 spiro atoms. The summed E-state index contributed by atoms with van der Waals surface area (Å²) in [5.41, 5.74) is 3.18. The lowest BCUT2D eigenvalue weighted by atomic mass is 10.1. The molecule has 0 atom stereocenters. The van der Waals surface area contributed by atoms with Crippen LogP contribution in [0.5, 0.6) is 0 Å². The molecule has 0 aliphatic rings. The highest BCUT2D eigenvalue weighted by Gasteiger charge is 2.15. The Bertz CT molecular complexity index is 1460. The summed E-state index contributed by atoms with van der Waals surface area (Å²) in [6.07, 6.45) is 4.87. The number of hydrogen-bond donors (Lipinski definition) is 2. The molecule has 0 saturated carbocycles. The topological polar surface area (TPSA) is 75.3 Å². The van der Waals surface area contributed by atoms with E-state index < -0.39 is 11.8 Å². The Balaban J connectivity index is 1.47. The molecule has 2 N–H and O–H groups in total. The predicted molar refractivity (Wildman–Crippen MR) is 151 cm³/mol. The molecular formula is C31H23BrN2O3. The van der Waals surface area contributed by atoms with Gasteiger partial charge >= 0.3 is 0 Å². The normalized spacial score (nSPS) is 11.2. The third kappa shape index (κ3) is 7.46. The molecule has 37 heavy (non-hydrogen) atoms. The van der Waals surface area contributed by atoms with E-state index in [-0.39, 0.29) is 11.5 Å². The second kappa shape index (κ2) is 12.4. The van der Waals surface area contributed by atoms with Gasteiger partial charge in [-0.05, 0) is 71.8 Å². The first kappa shape index (κ1) is 25.5. The quantitative estimate of drug-likeness (QED) is 0.188. The fourth-order valence-corrected chi connectivity index (χ4v) is 3.87. The van der Waals surface area contributed by atoms with Gasteiger partial charge in [-0.25, -0.2) is 0 Å². The molecule has 4 rings (SSSR count). The predicted octanol–water partition coefficient (Wildman–Crippen LogP) is 6.75. The van der Waals surface area contributed by atoms with Crippen LogP contribution in [-0.4, -0.2) is 17.6 Å². The number of amides is 2. The number of rotatable bonds is 8. The van der Waals surface area contributed by atoms with Crippen LogP contribution in [0.2, 0.25) is 0 Å². The molecule has 0 heterocycles. The summed E-state index contributed by atoms with van der Waals surface area (Å²) in [6, 6.07) is 32.1. The number of halogens is 1. The molecular weight excluding hydrogens is 528 g/mol. The van der Waals surface area contributed by atoms with Crippen molar-refractivity contribution in [3.8, 4) is 0 Å². The van der Waals surface area contributed by atoms with Gasteiger partial charge in [0.15, 0.2) is 5.78 Å². The number of carbonyl (C=O) groups excluding carboxylic acids is 3. The van der Waals surface area contributed by atoms with Gasteiger partial charge in [-0.3, -0.25) is 14.4 Å². The number of anilines is 1. The number of hydrogen-bond acceptors (Lipinski definition) is 3. The smallest absolute Gasteiger partial charge is 0.272 e. The molecule has 0 radical (unpaired) electrons. The fourth-order valence-electron chi connectivity index (χ4n) is 3.45. The van der Waals surface area contributed by atoms with Gasteiger partial charge in [0, 0.05) is 21.3 Å². The maximum atomic E-state index is 13.1. The van der Waals surface area contributed by atoms with Crippen molar-refractivity contribution in [2.24, 2.45) is 0 Å². The van der Waals surface area contributed by atoms with Crippen LogP contribution >= 0.6 is 15.9 Å². The average Bonchev–Trinajstić information content (AvgIpc) is 2.93. The van der Waals surface area contributed by atoms with E-state index in [1.54, 1.807) is 60.7 Å². The van der Waals surface area contributed by atoms with Gasteiger partial charge in [-0.2, -0.15) is 0 Å². The number of allylic oxidation sites excluding steroid dienone is 1. The number of carbonyl (C=O) groups is 3. The second-order valence-corrected chi connectivity index (χ2v) is 8.99. The third-order valence-corrected chi connectivity index (χ3v) is 5.84. The van der Waals surface area contributed by atoms with E-state index in [4.69, 9.17) is 0 Å². The molecule has 6 heteroatoms. The van der Waals surface area contributed by atoms with Crippen molar-refractivity contribution in [3.63, 3.8) is 0 Å². The Kier molecular flexibility index (Phi) is 8.57. The maximum Gasteiger partial charge on any atom is 0.272 e. The summed E-state index contributed by atoms with van der Waals surface area (Å²) in [5, 5.41) is 5.50. The third-order valence-electron chi connectivity index (χ3n) is 5.34. The lowest BCUT2D eigenvalue weighted by Gasteiger charge is -2.12. The van der Waals surface area contributed by atoms with Crippen molar-refractivity contribution in [2.45, 2.75) is 0 Å². The summed E-state index contributed by atoms with van der Waals surface area (Å²) in [7, 11) is 0. The van der Waals surface area contributed by atoms with Crippen molar-refractivity contribution in [2.75, 3.05) is 5.32 Å². The second-order valence-electron chi connectivity index (χ2n) is 8.07. The Labute approximate surface area is 223 Å². The van der Waals surface area contributed by atoms with E-state index in [1.807, 2.05) is 60.7 Å². The van der Waals surface area contributed by atoms with Gasteiger partial charge in [0.05, 0.1) is 0 Å². The monoisotopic (exact) mass is 550 g/mol. The van der Waals surface area contributed by atoms with E-state index in [1.165, 1.54) is 6.08 Å². The molecule has 4 aromatic rings. The number of benzene rings is 4. The largest absolute Gasteiger partial charge is 0.321 e. The van der Waals surface area contributed by atoms with Crippen molar-refractivity contribution in [3.05, 3.63) is 148 Å². The highest BCUT2D eigenvalue weighted by Crippen LogP contribution is 2.16. The van der Waals surface area contributed by atoms with Gasteiger partial charge in [-0.1, -0.05) is 82.7 Å². The van der Waals surface area contributed by atoms with E-state index >= 15 is 0 Å². The fraction of sp³-hybridized carbons (Fsp3) is 0. The highest BCUT2D eigenvalue weighted by molar-refractivity contribution is 9.10. The Morgan fingerprint density at radius 3 is 2.00 bits per heavy atom. The molecule has 0 aromatic heterocycles. The van der Waals surface area contributed by atoms with Crippen molar-refractivity contribution < 1.29 is 14.4 Å². The van der Waals surface area contributed by atoms with Gasteiger partial charge in [0.25, 0.3) is 11.8 Å². The van der Waals surface area contributed by atoms with Crippen LogP contribution in [0.1, 0.15) is 31.8 Å². The minimum Gasteiger partial charge on any atom is -0.321 e. The van der Waals surface area contributed by atoms with Crippen molar-refractivity contribution >= 4 is 51.4 Å². The lowest BCUT2D eigenvalue weighted by Crippen LogP contribution is -2.30. The van der Waals surface area contributed by atoms with Crippen LogP contribution in [0.3, 0.4) is 0 Å². The maximum absolute atomic E-state index is 13.1. The van der Waals surface area contributed by atoms with Crippen LogP contribution in [0.15, 0.2) is 125 Å². The van der Waals surface area contributed by atoms with Gasteiger partial charge < -0.3 is 10.6 Å². The molecule has 0 unspecified atom stereocenters.